The highest BCUT2D eigenvalue weighted by Gasteiger charge is 2.16. The Hall–Kier alpha value is -2.29. The summed E-state index contributed by atoms with van der Waals surface area (Å²) in [6, 6.07) is 15.0. The molecule has 19 heavy (non-hydrogen) atoms. The van der Waals surface area contributed by atoms with Crippen LogP contribution in [0.4, 0.5) is 0 Å². The largest absolute Gasteiger partial charge is 0.481 e. The van der Waals surface area contributed by atoms with Gasteiger partial charge in [0.1, 0.15) is 11.5 Å². The maximum atomic E-state index is 11.0. The van der Waals surface area contributed by atoms with Crippen molar-refractivity contribution in [2.45, 2.75) is 19.8 Å². The molecular formula is C16H16O3. The molecular weight excluding hydrogens is 240 g/mol. The zero-order chi connectivity index (χ0) is 13.8. The Bertz CT molecular complexity index is 576. The van der Waals surface area contributed by atoms with Crippen molar-refractivity contribution >= 4 is 5.97 Å². The zero-order valence-electron chi connectivity index (χ0n) is 11.0. The molecule has 2 rings (SSSR count). The summed E-state index contributed by atoms with van der Waals surface area (Å²) in [6.45, 7) is 3.58. The van der Waals surface area contributed by atoms with Crippen LogP contribution in [0, 0.1) is 6.92 Å². The summed E-state index contributed by atoms with van der Waals surface area (Å²) in [5.41, 5.74) is 1.73. The monoisotopic (exact) mass is 256 g/mol. The number of hydrogen-bond donors (Lipinski definition) is 1. The van der Waals surface area contributed by atoms with Gasteiger partial charge in [0, 0.05) is 0 Å². The van der Waals surface area contributed by atoms with Crippen LogP contribution in [0.1, 0.15) is 24.0 Å². The molecule has 1 atom stereocenters. The van der Waals surface area contributed by atoms with Crippen LogP contribution < -0.4 is 4.74 Å². The summed E-state index contributed by atoms with van der Waals surface area (Å²) in [5.74, 6) is 0.150. The van der Waals surface area contributed by atoms with Crippen LogP contribution >= 0.6 is 0 Å². The minimum Gasteiger partial charge on any atom is -0.481 e. The fraction of sp³-hybridized carbons (Fsp3) is 0.188. The summed E-state index contributed by atoms with van der Waals surface area (Å²) in [4.78, 5) is 11.0. The number of carboxylic acids is 1. The molecule has 0 heterocycles. The van der Waals surface area contributed by atoms with E-state index in [2.05, 4.69) is 0 Å². The molecule has 0 aliphatic carbocycles. The number of rotatable bonds is 4. The van der Waals surface area contributed by atoms with Gasteiger partial charge in [-0.05, 0) is 49.2 Å². The fourth-order valence-electron chi connectivity index (χ4n) is 1.96. The van der Waals surface area contributed by atoms with Crippen LogP contribution in [0.15, 0.2) is 48.5 Å². The quantitative estimate of drug-likeness (QED) is 0.900. The Morgan fingerprint density at radius 1 is 1.11 bits per heavy atom. The molecule has 0 saturated carbocycles. The topological polar surface area (TPSA) is 46.5 Å². The highest BCUT2D eigenvalue weighted by Crippen LogP contribution is 2.27. The van der Waals surface area contributed by atoms with Crippen molar-refractivity contribution in [1.82, 2.24) is 0 Å². The molecule has 0 bridgehead atoms. The lowest BCUT2D eigenvalue weighted by Crippen LogP contribution is -2.08. The van der Waals surface area contributed by atoms with Gasteiger partial charge in [-0.15, -0.1) is 0 Å². The third-order valence-corrected chi connectivity index (χ3v) is 3.06. The van der Waals surface area contributed by atoms with Crippen molar-refractivity contribution in [2.75, 3.05) is 0 Å². The van der Waals surface area contributed by atoms with E-state index in [0.717, 1.165) is 16.9 Å². The van der Waals surface area contributed by atoms with Crippen molar-refractivity contribution in [1.29, 1.82) is 0 Å². The second-order valence-electron chi connectivity index (χ2n) is 4.49. The van der Waals surface area contributed by atoms with Crippen LogP contribution in [-0.2, 0) is 4.79 Å². The Balaban J connectivity index is 2.22. The normalized spacial score (nSPS) is 11.9. The second-order valence-corrected chi connectivity index (χ2v) is 4.49. The van der Waals surface area contributed by atoms with E-state index in [9.17, 15) is 4.79 Å². The SMILES string of the molecule is Cc1cc(Oc2ccccc2)ccc1C(C)C(=O)O. The molecule has 0 spiro atoms. The first-order valence-corrected chi connectivity index (χ1v) is 6.14. The summed E-state index contributed by atoms with van der Waals surface area (Å²) < 4.78 is 5.71. The van der Waals surface area contributed by atoms with Gasteiger partial charge in [0.25, 0.3) is 0 Å². The van der Waals surface area contributed by atoms with Gasteiger partial charge in [-0.1, -0.05) is 24.3 Å². The summed E-state index contributed by atoms with van der Waals surface area (Å²) in [7, 11) is 0. The molecule has 2 aromatic rings. The van der Waals surface area contributed by atoms with E-state index < -0.39 is 11.9 Å². The molecule has 1 unspecified atom stereocenters. The van der Waals surface area contributed by atoms with Crippen LogP contribution in [0.3, 0.4) is 0 Å². The summed E-state index contributed by atoms with van der Waals surface area (Å²) >= 11 is 0. The molecule has 0 fully saturated rings. The van der Waals surface area contributed by atoms with Gasteiger partial charge in [-0.25, -0.2) is 0 Å². The molecule has 0 aliphatic heterocycles. The molecule has 0 aliphatic rings. The second kappa shape index (κ2) is 5.57. The van der Waals surface area contributed by atoms with E-state index in [1.54, 1.807) is 13.0 Å². The molecule has 0 aromatic heterocycles. The van der Waals surface area contributed by atoms with Gasteiger partial charge in [-0.3, -0.25) is 4.79 Å². The third-order valence-electron chi connectivity index (χ3n) is 3.06. The number of ether oxygens (including phenoxy) is 1. The maximum Gasteiger partial charge on any atom is 0.310 e. The summed E-state index contributed by atoms with van der Waals surface area (Å²) in [5, 5.41) is 9.03. The minimum atomic E-state index is -0.820. The molecule has 3 nitrogen and oxygen atoms in total. The molecule has 1 N–H and O–H groups in total. The number of para-hydroxylation sites is 1. The molecule has 3 heteroatoms. The van der Waals surface area contributed by atoms with Crippen molar-refractivity contribution in [3.63, 3.8) is 0 Å². The van der Waals surface area contributed by atoms with Gasteiger partial charge in [0.2, 0.25) is 0 Å². The molecule has 2 aromatic carbocycles. The van der Waals surface area contributed by atoms with Gasteiger partial charge < -0.3 is 9.84 Å². The van der Waals surface area contributed by atoms with E-state index in [4.69, 9.17) is 9.84 Å². The van der Waals surface area contributed by atoms with E-state index in [1.165, 1.54) is 0 Å². The highest BCUT2D eigenvalue weighted by atomic mass is 16.5. The van der Waals surface area contributed by atoms with Crippen molar-refractivity contribution in [2.24, 2.45) is 0 Å². The first-order chi connectivity index (χ1) is 9.08. The van der Waals surface area contributed by atoms with E-state index >= 15 is 0 Å². The van der Waals surface area contributed by atoms with Crippen molar-refractivity contribution in [3.05, 3.63) is 59.7 Å². The lowest BCUT2D eigenvalue weighted by Gasteiger charge is -2.12. The lowest BCUT2D eigenvalue weighted by atomic mass is 9.96. The fourth-order valence-corrected chi connectivity index (χ4v) is 1.96. The summed E-state index contributed by atoms with van der Waals surface area (Å²) in [6.07, 6.45) is 0. The standard InChI is InChI=1S/C16H16O3/c1-11-10-14(19-13-6-4-3-5-7-13)8-9-15(11)12(2)16(17)18/h3-10,12H,1-2H3,(H,17,18). The predicted octanol–water partition coefficient (Wildman–Crippen LogP) is 3.98. The number of benzene rings is 2. The molecule has 0 amide bonds. The molecule has 98 valence electrons. The highest BCUT2D eigenvalue weighted by molar-refractivity contribution is 5.76. The van der Waals surface area contributed by atoms with Crippen molar-refractivity contribution < 1.29 is 14.6 Å². The van der Waals surface area contributed by atoms with Gasteiger partial charge in [0.15, 0.2) is 0 Å². The van der Waals surface area contributed by atoms with Gasteiger partial charge in [-0.2, -0.15) is 0 Å². The third kappa shape index (κ3) is 3.13. The maximum absolute atomic E-state index is 11.0. The van der Waals surface area contributed by atoms with E-state index in [0.29, 0.717) is 5.75 Å². The zero-order valence-corrected chi connectivity index (χ0v) is 11.0. The van der Waals surface area contributed by atoms with Gasteiger partial charge >= 0.3 is 5.97 Å². The number of hydrogen-bond acceptors (Lipinski definition) is 2. The van der Waals surface area contributed by atoms with E-state index in [-0.39, 0.29) is 0 Å². The average molecular weight is 256 g/mol. The minimum absolute atomic E-state index is 0.509. The smallest absolute Gasteiger partial charge is 0.310 e. The molecule has 0 saturated heterocycles. The number of carbonyl (C=O) groups is 1. The predicted molar refractivity (Wildman–Crippen MR) is 73.7 cm³/mol. The first kappa shape index (κ1) is 13.1. The Kier molecular flexibility index (Phi) is 3.85. The number of carboxylic acid groups (broad SMARTS) is 1. The Morgan fingerprint density at radius 3 is 2.37 bits per heavy atom. The van der Waals surface area contributed by atoms with E-state index in [1.807, 2.05) is 49.4 Å². The van der Waals surface area contributed by atoms with Crippen molar-refractivity contribution in [3.8, 4) is 11.5 Å². The van der Waals surface area contributed by atoms with Crippen LogP contribution in [0.25, 0.3) is 0 Å². The van der Waals surface area contributed by atoms with Crippen LogP contribution in [0.2, 0.25) is 0 Å². The molecule has 0 radical (unpaired) electrons. The number of aryl methyl sites for hydroxylation is 1. The first-order valence-electron chi connectivity index (χ1n) is 6.14. The number of aliphatic carboxylic acids is 1. The van der Waals surface area contributed by atoms with Crippen LogP contribution in [-0.4, -0.2) is 11.1 Å². The lowest BCUT2D eigenvalue weighted by molar-refractivity contribution is -0.138. The van der Waals surface area contributed by atoms with Gasteiger partial charge in [0.05, 0.1) is 5.92 Å². The van der Waals surface area contributed by atoms with Crippen LogP contribution in [0.5, 0.6) is 11.5 Å². The Labute approximate surface area is 112 Å². The Morgan fingerprint density at radius 2 is 1.79 bits per heavy atom. The average Bonchev–Trinajstić information content (AvgIpc) is 2.39.